The van der Waals surface area contributed by atoms with E-state index in [1.165, 1.54) is 18.3 Å². The number of aromatic nitrogens is 1. The average molecular weight is 369 g/mol. The van der Waals surface area contributed by atoms with Crippen molar-refractivity contribution in [1.29, 1.82) is 0 Å². The number of rotatable bonds is 5. The second kappa shape index (κ2) is 7.62. The Morgan fingerprint density at radius 1 is 1.15 bits per heavy atom. The lowest BCUT2D eigenvalue weighted by atomic mass is 10.1. The van der Waals surface area contributed by atoms with E-state index in [0.717, 1.165) is 0 Å². The summed E-state index contributed by atoms with van der Waals surface area (Å²) in [6, 6.07) is 15.1. The van der Waals surface area contributed by atoms with Gasteiger partial charge in [-0.2, -0.15) is 5.10 Å². The molecule has 1 N–H and O–H groups in total. The molecule has 0 saturated carbocycles. The summed E-state index contributed by atoms with van der Waals surface area (Å²) in [5, 5.41) is 14.8. The quantitative estimate of drug-likeness (QED) is 0.422. The molecule has 1 amide bonds. The molecule has 0 atom stereocenters. The Bertz CT molecular complexity index is 984. The first-order chi connectivity index (χ1) is 12.6. The van der Waals surface area contributed by atoms with E-state index in [2.05, 4.69) is 10.5 Å². The number of para-hydroxylation sites is 1. The first-order valence-electron chi connectivity index (χ1n) is 7.56. The minimum Gasteiger partial charge on any atom is -0.323 e. The van der Waals surface area contributed by atoms with E-state index in [1.54, 1.807) is 18.2 Å². The summed E-state index contributed by atoms with van der Waals surface area (Å²) in [5.41, 5.74) is 3.81. The minimum atomic E-state index is -0.578. The number of amides is 1. The fourth-order valence-electron chi connectivity index (χ4n) is 2.36. The van der Waals surface area contributed by atoms with Crippen LogP contribution >= 0.6 is 11.6 Å². The summed E-state index contributed by atoms with van der Waals surface area (Å²) < 4.78 is 1.82. The molecular weight excluding hydrogens is 356 g/mol. The number of hydrogen-bond acceptors (Lipinski definition) is 4. The third kappa shape index (κ3) is 3.79. The number of halogens is 1. The van der Waals surface area contributed by atoms with E-state index in [9.17, 15) is 14.9 Å². The SMILES string of the molecule is O=C(N/N=C\c1ccc(Cl)c([N+](=O)[O-])c1)c1ccccc1-n1cccc1. The number of nitro benzene ring substituents is 1. The van der Waals surface area contributed by atoms with Crippen molar-refractivity contribution >= 4 is 29.4 Å². The number of carbonyl (C=O) groups is 1. The highest BCUT2D eigenvalue weighted by molar-refractivity contribution is 6.32. The summed E-state index contributed by atoms with van der Waals surface area (Å²) in [4.78, 5) is 22.7. The zero-order chi connectivity index (χ0) is 18.5. The van der Waals surface area contributed by atoms with Crippen molar-refractivity contribution in [1.82, 2.24) is 9.99 Å². The number of hydrazone groups is 1. The van der Waals surface area contributed by atoms with Crippen molar-refractivity contribution < 1.29 is 9.72 Å². The molecule has 0 aliphatic rings. The molecule has 26 heavy (non-hydrogen) atoms. The van der Waals surface area contributed by atoms with Gasteiger partial charge in [0.25, 0.3) is 11.6 Å². The molecular formula is C18H13ClN4O3. The fourth-order valence-corrected chi connectivity index (χ4v) is 2.55. The third-order valence-corrected chi connectivity index (χ3v) is 3.90. The van der Waals surface area contributed by atoms with Gasteiger partial charge in [-0.3, -0.25) is 14.9 Å². The molecule has 8 heteroatoms. The van der Waals surface area contributed by atoms with Crippen molar-refractivity contribution in [3.8, 4) is 5.69 Å². The van der Waals surface area contributed by atoms with Crippen LogP contribution in [0.3, 0.4) is 0 Å². The first kappa shape index (κ1) is 17.4. The molecule has 0 spiro atoms. The lowest BCUT2D eigenvalue weighted by Gasteiger charge is -2.08. The number of benzene rings is 2. The van der Waals surface area contributed by atoms with E-state index in [-0.39, 0.29) is 10.7 Å². The van der Waals surface area contributed by atoms with E-state index in [4.69, 9.17) is 11.6 Å². The summed E-state index contributed by atoms with van der Waals surface area (Å²) >= 11 is 5.76. The predicted octanol–water partition coefficient (Wildman–Crippen LogP) is 3.80. The van der Waals surface area contributed by atoms with E-state index >= 15 is 0 Å². The number of carbonyl (C=O) groups excluding carboxylic acids is 1. The van der Waals surface area contributed by atoms with E-state index in [0.29, 0.717) is 16.8 Å². The Morgan fingerprint density at radius 2 is 1.88 bits per heavy atom. The van der Waals surface area contributed by atoms with Gasteiger partial charge in [0.05, 0.1) is 22.4 Å². The Kier molecular flexibility index (Phi) is 5.09. The topological polar surface area (TPSA) is 89.5 Å². The average Bonchev–Trinajstić information content (AvgIpc) is 3.17. The Labute approximate surface area is 153 Å². The van der Waals surface area contributed by atoms with Crippen LogP contribution in [-0.4, -0.2) is 21.6 Å². The Hall–Kier alpha value is -3.45. The Morgan fingerprint density at radius 3 is 2.62 bits per heavy atom. The molecule has 7 nitrogen and oxygen atoms in total. The van der Waals surface area contributed by atoms with Crippen LogP contribution < -0.4 is 5.43 Å². The van der Waals surface area contributed by atoms with Gasteiger partial charge in [-0.1, -0.05) is 29.8 Å². The zero-order valence-electron chi connectivity index (χ0n) is 13.4. The standard InChI is InChI=1S/C18H13ClN4O3/c19-15-8-7-13(11-17(15)23(25)26)12-20-21-18(24)14-5-1-2-6-16(14)22-9-3-4-10-22/h1-12H,(H,21,24)/b20-12-. The lowest BCUT2D eigenvalue weighted by molar-refractivity contribution is -0.384. The summed E-state index contributed by atoms with van der Waals surface area (Å²) in [6.07, 6.45) is 4.99. The molecule has 0 unspecified atom stereocenters. The van der Waals surface area contributed by atoms with Gasteiger partial charge in [0, 0.05) is 24.0 Å². The van der Waals surface area contributed by atoms with E-state index < -0.39 is 10.8 Å². The third-order valence-electron chi connectivity index (χ3n) is 3.58. The summed E-state index contributed by atoms with van der Waals surface area (Å²) in [7, 11) is 0. The number of nitrogens with one attached hydrogen (secondary N) is 1. The van der Waals surface area contributed by atoms with Crippen LogP contribution in [0.15, 0.2) is 72.1 Å². The molecule has 0 aliphatic heterocycles. The van der Waals surface area contributed by atoms with Crippen molar-refractivity contribution in [2.24, 2.45) is 5.10 Å². The van der Waals surface area contributed by atoms with Crippen molar-refractivity contribution in [2.75, 3.05) is 0 Å². The maximum atomic E-state index is 12.4. The lowest BCUT2D eigenvalue weighted by Crippen LogP contribution is -2.19. The largest absolute Gasteiger partial charge is 0.323 e. The van der Waals surface area contributed by atoms with Crippen molar-refractivity contribution in [3.63, 3.8) is 0 Å². The van der Waals surface area contributed by atoms with Crippen LogP contribution in [0.2, 0.25) is 5.02 Å². The van der Waals surface area contributed by atoms with Gasteiger partial charge in [-0.25, -0.2) is 5.43 Å². The minimum absolute atomic E-state index is 0.0387. The molecule has 130 valence electrons. The maximum absolute atomic E-state index is 12.4. The monoisotopic (exact) mass is 368 g/mol. The molecule has 0 fully saturated rings. The van der Waals surface area contributed by atoms with Crippen molar-refractivity contribution in [2.45, 2.75) is 0 Å². The molecule has 0 bridgehead atoms. The zero-order valence-corrected chi connectivity index (χ0v) is 14.1. The van der Waals surface area contributed by atoms with Gasteiger partial charge in [-0.15, -0.1) is 0 Å². The highest BCUT2D eigenvalue weighted by atomic mass is 35.5. The molecule has 0 aliphatic carbocycles. The van der Waals surface area contributed by atoms with Gasteiger partial charge in [-0.05, 0) is 30.3 Å². The molecule has 3 rings (SSSR count). The van der Waals surface area contributed by atoms with Gasteiger partial charge in [0.15, 0.2) is 0 Å². The van der Waals surface area contributed by atoms with Crippen molar-refractivity contribution in [3.05, 3.63) is 93.3 Å². The molecule has 2 aromatic carbocycles. The summed E-state index contributed by atoms with van der Waals surface area (Å²) in [5.74, 6) is -0.394. The maximum Gasteiger partial charge on any atom is 0.288 e. The first-order valence-corrected chi connectivity index (χ1v) is 7.94. The highest BCUT2D eigenvalue weighted by Crippen LogP contribution is 2.24. The molecule has 3 aromatic rings. The summed E-state index contributed by atoms with van der Waals surface area (Å²) in [6.45, 7) is 0. The molecule has 1 heterocycles. The van der Waals surface area contributed by atoms with Crippen LogP contribution in [0.1, 0.15) is 15.9 Å². The van der Waals surface area contributed by atoms with Gasteiger partial charge >= 0.3 is 0 Å². The normalized spacial score (nSPS) is 10.8. The molecule has 1 aromatic heterocycles. The Balaban J connectivity index is 1.77. The predicted molar refractivity (Wildman–Crippen MR) is 98.9 cm³/mol. The number of nitrogens with zero attached hydrogens (tertiary/aromatic N) is 3. The van der Waals surface area contributed by atoms with Crippen LogP contribution in [0, 0.1) is 10.1 Å². The molecule has 0 radical (unpaired) electrons. The van der Waals surface area contributed by atoms with Gasteiger partial charge in [0.2, 0.25) is 0 Å². The van der Waals surface area contributed by atoms with E-state index in [1.807, 2.05) is 41.2 Å². The smallest absolute Gasteiger partial charge is 0.288 e. The number of hydrogen-bond donors (Lipinski definition) is 1. The van der Waals surface area contributed by atoms with Crippen LogP contribution in [0.25, 0.3) is 5.69 Å². The molecule has 0 saturated heterocycles. The van der Waals surface area contributed by atoms with Crippen LogP contribution in [0.4, 0.5) is 5.69 Å². The fraction of sp³-hybridized carbons (Fsp3) is 0. The van der Waals surface area contributed by atoms with Gasteiger partial charge in [0.1, 0.15) is 5.02 Å². The second-order valence-corrected chi connectivity index (χ2v) is 5.68. The number of nitro groups is 1. The second-order valence-electron chi connectivity index (χ2n) is 5.27. The van der Waals surface area contributed by atoms with Crippen LogP contribution in [0.5, 0.6) is 0 Å². The van der Waals surface area contributed by atoms with Crippen LogP contribution in [-0.2, 0) is 0 Å². The highest BCUT2D eigenvalue weighted by Gasteiger charge is 2.13. The van der Waals surface area contributed by atoms with Gasteiger partial charge < -0.3 is 4.57 Å².